The van der Waals surface area contributed by atoms with Gasteiger partial charge in [-0.15, -0.1) is 0 Å². The molecule has 3 atom stereocenters. The summed E-state index contributed by atoms with van der Waals surface area (Å²) in [6.45, 7) is 8.64. The van der Waals surface area contributed by atoms with Crippen LogP contribution in [0.4, 0.5) is 5.69 Å². The second-order valence-electron chi connectivity index (χ2n) is 7.80. The van der Waals surface area contributed by atoms with Crippen molar-refractivity contribution in [2.24, 2.45) is 5.92 Å². The molecule has 29 heavy (non-hydrogen) atoms. The molecule has 2 aliphatic rings. The van der Waals surface area contributed by atoms with Crippen LogP contribution < -0.4 is 15.4 Å². The van der Waals surface area contributed by atoms with Gasteiger partial charge in [-0.1, -0.05) is 33.6 Å². The normalized spacial score (nSPS) is 25.0. The third kappa shape index (κ3) is 3.30. The Kier molecular flexibility index (Phi) is 5.07. The maximum absolute atomic E-state index is 13.6. The van der Waals surface area contributed by atoms with E-state index in [2.05, 4.69) is 32.6 Å². The van der Waals surface area contributed by atoms with E-state index < -0.39 is 11.6 Å². The number of amides is 1. The Morgan fingerprint density at radius 2 is 2.07 bits per heavy atom. The van der Waals surface area contributed by atoms with E-state index in [1.54, 1.807) is 0 Å². The average Bonchev–Trinajstić information content (AvgIpc) is 2.64. The molecule has 4 rings (SSSR count). The Morgan fingerprint density at radius 1 is 1.31 bits per heavy atom. The largest absolute Gasteiger partial charge is 0.467 e. The summed E-state index contributed by atoms with van der Waals surface area (Å²) < 4.78 is 7.39. The lowest BCUT2D eigenvalue weighted by atomic mass is 9.79. The summed E-state index contributed by atoms with van der Waals surface area (Å²) in [7, 11) is 0. The first kappa shape index (κ1) is 20.2. The molecule has 0 spiro atoms. The molecule has 1 saturated heterocycles. The molecular weight excluding hydrogens is 450 g/mol. The van der Waals surface area contributed by atoms with Gasteiger partial charge in [0.1, 0.15) is 11.7 Å². The van der Waals surface area contributed by atoms with Crippen molar-refractivity contribution in [3.63, 3.8) is 0 Å². The molecule has 2 aliphatic heterocycles. The number of anilines is 1. The summed E-state index contributed by atoms with van der Waals surface area (Å²) >= 11 is 9.14. The third-order valence-corrected chi connectivity index (χ3v) is 6.66. The zero-order valence-electron chi connectivity index (χ0n) is 16.9. The molecule has 0 aliphatic carbocycles. The van der Waals surface area contributed by atoms with E-state index in [0.717, 1.165) is 32.6 Å². The number of benzene rings is 2. The molecule has 2 bridgehead atoms. The number of thiocarbonyl (C=S) groups is 1. The van der Waals surface area contributed by atoms with Gasteiger partial charge in [-0.3, -0.25) is 4.79 Å². The van der Waals surface area contributed by atoms with Crippen molar-refractivity contribution in [2.75, 3.05) is 11.9 Å². The summed E-state index contributed by atoms with van der Waals surface area (Å²) in [5, 5.41) is 7.12. The summed E-state index contributed by atoms with van der Waals surface area (Å²) in [4.78, 5) is 15.5. The predicted octanol–water partition coefficient (Wildman–Crippen LogP) is 4.68. The Hall–Kier alpha value is -2.12. The van der Waals surface area contributed by atoms with E-state index in [-0.39, 0.29) is 11.9 Å². The lowest BCUT2D eigenvalue weighted by molar-refractivity contribution is -0.148. The van der Waals surface area contributed by atoms with Crippen molar-refractivity contribution in [1.29, 1.82) is 0 Å². The fourth-order valence-electron chi connectivity index (χ4n) is 4.44. The number of fused-ring (bicyclic) bond motifs is 4. The smallest absolute Gasteiger partial charge is 0.236 e. The number of aryl methyl sites for hydroxylation is 2. The van der Waals surface area contributed by atoms with Crippen LogP contribution in [0.3, 0.4) is 0 Å². The van der Waals surface area contributed by atoms with Crippen LogP contribution in [0.15, 0.2) is 40.9 Å². The highest BCUT2D eigenvalue weighted by Gasteiger charge is 2.58. The minimum Gasteiger partial charge on any atom is -0.467 e. The summed E-state index contributed by atoms with van der Waals surface area (Å²) in [5.74, 6) is 0.185. The first-order chi connectivity index (χ1) is 13.7. The lowest BCUT2D eigenvalue weighted by Gasteiger charge is -2.56. The first-order valence-electron chi connectivity index (χ1n) is 9.69. The maximum Gasteiger partial charge on any atom is 0.236 e. The number of halogens is 1. The molecule has 1 fully saturated rings. The van der Waals surface area contributed by atoms with Crippen LogP contribution in [0.5, 0.6) is 5.75 Å². The van der Waals surface area contributed by atoms with Gasteiger partial charge in [0.05, 0.1) is 6.04 Å². The molecule has 0 saturated carbocycles. The van der Waals surface area contributed by atoms with Gasteiger partial charge in [0, 0.05) is 22.3 Å². The van der Waals surface area contributed by atoms with Gasteiger partial charge in [0.15, 0.2) is 10.8 Å². The Balaban J connectivity index is 1.78. The number of carbonyl (C=O) groups excluding carboxylic acids is 1. The van der Waals surface area contributed by atoms with Crippen LogP contribution >= 0.6 is 28.1 Å². The van der Waals surface area contributed by atoms with E-state index in [4.69, 9.17) is 17.0 Å². The van der Waals surface area contributed by atoms with Crippen molar-refractivity contribution in [1.82, 2.24) is 10.2 Å². The zero-order valence-corrected chi connectivity index (χ0v) is 19.3. The molecule has 152 valence electrons. The standard InChI is InChI=1S/C22H24BrN3O2S/c1-5-26-21(29)25-19-15-11-14(23)7-9-17(15)28-22(26,4)18(19)20(27)24-16-8-6-12(2)10-13(16)3/h6-11,18-19H,5H2,1-4H3,(H,24,27)(H,25,29)/t18-,19-,22+/m0/s1. The summed E-state index contributed by atoms with van der Waals surface area (Å²) in [6, 6.07) is 11.6. The number of nitrogens with zero attached hydrogens (tertiary/aromatic N) is 1. The minimum absolute atomic E-state index is 0.0940. The van der Waals surface area contributed by atoms with Gasteiger partial charge in [0.2, 0.25) is 5.91 Å². The molecule has 0 radical (unpaired) electrons. The van der Waals surface area contributed by atoms with Crippen molar-refractivity contribution in [3.8, 4) is 5.75 Å². The van der Waals surface area contributed by atoms with E-state index in [1.807, 2.05) is 62.9 Å². The highest BCUT2D eigenvalue weighted by Crippen LogP contribution is 2.49. The van der Waals surface area contributed by atoms with Crippen molar-refractivity contribution in [3.05, 3.63) is 57.6 Å². The third-order valence-electron chi connectivity index (χ3n) is 5.83. The Morgan fingerprint density at radius 3 is 2.76 bits per heavy atom. The van der Waals surface area contributed by atoms with E-state index in [9.17, 15) is 4.79 Å². The van der Waals surface area contributed by atoms with Gasteiger partial charge in [-0.05, 0) is 69.7 Å². The second-order valence-corrected chi connectivity index (χ2v) is 9.10. The van der Waals surface area contributed by atoms with Gasteiger partial charge < -0.3 is 20.3 Å². The van der Waals surface area contributed by atoms with E-state index in [0.29, 0.717) is 11.7 Å². The number of hydrogen-bond donors (Lipinski definition) is 2. The van der Waals surface area contributed by atoms with E-state index in [1.165, 1.54) is 0 Å². The monoisotopic (exact) mass is 473 g/mol. The molecule has 5 nitrogen and oxygen atoms in total. The maximum atomic E-state index is 13.6. The molecular formula is C22H24BrN3O2S. The van der Waals surface area contributed by atoms with Crippen LogP contribution in [0, 0.1) is 19.8 Å². The molecule has 2 aromatic carbocycles. The molecule has 1 amide bonds. The van der Waals surface area contributed by atoms with Crippen LogP contribution in [0.25, 0.3) is 0 Å². The van der Waals surface area contributed by atoms with Gasteiger partial charge in [0.25, 0.3) is 0 Å². The molecule has 0 unspecified atom stereocenters. The highest BCUT2D eigenvalue weighted by atomic mass is 79.9. The Bertz CT molecular complexity index is 1010. The highest BCUT2D eigenvalue weighted by molar-refractivity contribution is 9.10. The number of carbonyl (C=O) groups is 1. The fraction of sp³-hybridized carbons (Fsp3) is 0.364. The van der Waals surface area contributed by atoms with E-state index >= 15 is 0 Å². The molecule has 0 aromatic heterocycles. The number of rotatable bonds is 3. The van der Waals surface area contributed by atoms with Crippen LogP contribution in [0.2, 0.25) is 0 Å². The SMILES string of the molecule is CCN1C(=S)N[C@H]2c3cc(Br)ccc3O[C@]1(C)[C@@H]2C(=O)Nc1ccc(C)cc1C. The van der Waals surface area contributed by atoms with Gasteiger partial charge >= 0.3 is 0 Å². The van der Waals surface area contributed by atoms with Crippen LogP contribution in [-0.2, 0) is 4.79 Å². The van der Waals surface area contributed by atoms with Crippen molar-refractivity contribution < 1.29 is 9.53 Å². The molecule has 2 N–H and O–H groups in total. The molecule has 7 heteroatoms. The fourth-order valence-corrected chi connectivity index (χ4v) is 5.26. The first-order valence-corrected chi connectivity index (χ1v) is 10.9. The van der Waals surface area contributed by atoms with Crippen molar-refractivity contribution in [2.45, 2.75) is 39.5 Å². The number of ether oxygens (including phenoxy) is 1. The predicted molar refractivity (Wildman–Crippen MR) is 122 cm³/mol. The number of hydrogen-bond acceptors (Lipinski definition) is 3. The topological polar surface area (TPSA) is 53.6 Å². The van der Waals surface area contributed by atoms with Gasteiger partial charge in [-0.2, -0.15) is 0 Å². The zero-order chi connectivity index (χ0) is 20.9. The minimum atomic E-state index is -0.884. The lowest BCUT2D eigenvalue weighted by Crippen LogP contribution is -2.71. The van der Waals surface area contributed by atoms with Crippen LogP contribution in [-0.4, -0.2) is 28.2 Å². The Labute approximate surface area is 184 Å². The molecule has 2 heterocycles. The van der Waals surface area contributed by atoms with Crippen LogP contribution in [0.1, 0.15) is 36.6 Å². The summed E-state index contributed by atoms with van der Waals surface area (Å²) in [6.07, 6.45) is 0. The average molecular weight is 474 g/mol. The second kappa shape index (κ2) is 7.29. The summed E-state index contributed by atoms with van der Waals surface area (Å²) in [5.41, 5.74) is 3.05. The van der Waals surface area contributed by atoms with Crippen molar-refractivity contribution >= 4 is 44.9 Å². The molecule has 2 aromatic rings. The number of nitrogens with one attached hydrogen (secondary N) is 2. The van der Waals surface area contributed by atoms with Gasteiger partial charge in [-0.25, -0.2) is 0 Å². The quantitative estimate of drug-likeness (QED) is 0.633.